The Hall–Kier alpha value is -0.860. The molecule has 32 heavy (non-hydrogen) atoms. The fraction of sp³-hybridized carbons (Fsp3) is 0.667. The number of halogens is 2. The maximum Gasteiger partial charge on any atom is 0.472 e. The van der Waals surface area contributed by atoms with E-state index in [0.717, 1.165) is 32.1 Å². The number of carboxylic acid groups (broad SMARTS) is 1. The summed E-state index contributed by atoms with van der Waals surface area (Å²) in [6.07, 6.45) is 3.75. The molecule has 0 aliphatic heterocycles. The van der Waals surface area contributed by atoms with Crippen molar-refractivity contribution in [1.82, 2.24) is 0 Å². The maximum absolute atomic E-state index is 12.1. The average Bonchev–Trinajstić information content (AvgIpc) is 2.62. The summed E-state index contributed by atoms with van der Waals surface area (Å²) in [6.45, 7) is 0.816. The number of unbranched alkanes of at least 4 members (excludes halogenated alkanes) is 5. The second-order valence-corrected chi connectivity index (χ2v) is 10.8. The van der Waals surface area contributed by atoms with Crippen molar-refractivity contribution in [2.75, 3.05) is 40.9 Å². The first-order valence-corrected chi connectivity index (χ1v) is 12.9. The molecule has 2 atom stereocenters. The fourth-order valence-electron chi connectivity index (χ4n) is 3.04. The van der Waals surface area contributed by atoms with Gasteiger partial charge in [0, 0.05) is 12.4 Å². The summed E-state index contributed by atoms with van der Waals surface area (Å²) in [5.41, 5.74) is 0. The lowest BCUT2D eigenvalue weighted by Gasteiger charge is -2.30. The van der Waals surface area contributed by atoms with Gasteiger partial charge in [-0.15, -0.1) is 0 Å². The van der Waals surface area contributed by atoms with Gasteiger partial charge in [0.25, 0.3) is 0 Å². The van der Waals surface area contributed by atoms with E-state index in [0.29, 0.717) is 33.3 Å². The number of benzene rings is 1. The molecule has 1 aromatic rings. The SMILES string of the molecule is C[N+](C)(C)C[C@@H](CC(=O)[O-])OP(=O)(O)OCCCCCCCCOc1c(Cl)cccc1Cl. The number of para-hydroxylation sites is 1. The van der Waals surface area contributed by atoms with E-state index in [-0.39, 0.29) is 13.2 Å². The van der Waals surface area contributed by atoms with Gasteiger partial charge in [0.05, 0.1) is 44.4 Å². The van der Waals surface area contributed by atoms with E-state index in [1.165, 1.54) is 0 Å². The molecule has 0 aliphatic carbocycles. The highest BCUT2D eigenvalue weighted by Crippen LogP contribution is 2.45. The number of ether oxygens (including phenoxy) is 1. The molecular weight excluding hydrogens is 480 g/mol. The minimum atomic E-state index is -4.34. The van der Waals surface area contributed by atoms with Gasteiger partial charge in [-0.25, -0.2) is 4.57 Å². The van der Waals surface area contributed by atoms with Crippen LogP contribution in [-0.2, 0) is 18.4 Å². The van der Waals surface area contributed by atoms with Gasteiger partial charge < -0.3 is 24.0 Å². The highest BCUT2D eigenvalue weighted by molar-refractivity contribution is 7.47. The molecular formula is C21H34Cl2NO7P. The number of aliphatic carboxylic acids is 1. The zero-order chi connectivity index (χ0) is 24.2. The molecule has 0 amide bonds. The van der Waals surface area contributed by atoms with Crippen LogP contribution in [0.5, 0.6) is 5.75 Å². The van der Waals surface area contributed by atoms with E-state index >= 15 is 0 Å². The van der Waals surface area contributed by atoms with Gasteiger partial charge in [0.1, 0.15) is 12.6 Å². The van der Waals surface area contributed by atoms with Crippen molar-refractivity contribution in [2.24, 2.45) is 0 Å². The number of carboxylic acids is 1. The number of quaternary nitrogens is 1. The smallest absolute Gasteiger partial charge is 0.472 e. The monoisotopic (exact) mass is 513 g/mol. The number of nitrogens with zero attached hydrogens (tertiary/aromatic N) is 1. The molecule has 0 aliphatic rings. The van der Waals surface area contributed by atoms with E-state index < -0.39 is 26.3 Å². The second kappa shape index (κ2) is 14.4. The third-order valence-corrected chi connectivity index (χ3v) is 6.06. The summed E-state index contributed by atoms with van der Waals surface area (Å²) >= 11 is 12.1. The first kappa shape index (κ1) is 29.2. The second-order valence-electron chi connectivity index (χ2n) is 8.60. The van der Waals surface area contributed by atoms with Gasteiger partial charge in [-0.05, 0) is 25.0 Å². The minimum Gasteiger partial charge on any atom is -0.550 e. The fourth-order valence-corrected chi connectivity index (χ4v) is 4.48. The number of phosphoric ester groups is 1. The van der Waals surface area contributed by atoms with Crippen LogP contribution in [0.3, 0.4) is 0 Å². The number of carbonyl (C=O) groups excluding carboxylic acids is 1. The van der Waals surface area contributed by atoms with Crippen LogP contribution in [0.4, 0.5) is 0 Å². The molecule has 1 rings (SSSR count). The molecule has 0 heterocycles. The number of rotatable bonds is 17. The van der Waals surface area contributed by atoms with Crippen molar-refractivity contribution in [3.8, 4) is 5.75 Å². The standard InChI is InChI=1S/C21H34Cl2NO7P/c1-24(2,3)16-17(15-20(25)26)31-32(27,28)30-14-9-7-5-4-6-8-13-29-21-18(22)11-10-12-19(21)23/h10-12,17H,4-9,13-16H2,1-3H3,(H-,25,26,27,28)/t17-/m1/s1. The van der Waals surface area contributed by atoms with Crippen LogP contribution < -0.4 is 9.84 Å². The van der Waals surface area contributed by atoms with Crippen LogP contribution >= 0.6 is 31.0 Å². The normalized spacial score (nSPS) is 14.7. The molecule has 1 N–H and O–H groups in total. The van der Waals surface area contributed by atoms with Gasteiger partial charge >= 0.3 is 7.82 Å². The number of phosphoric acid groups is 1. The molecule has 0 bridgehead atoms. The first-order chi connectivity index (χ1) is 14.9. The van der Waals surface area contributed by atoms with E-state index in [1.807, 2.05) is 21.1 Å². The van der Waals surface area contributed by atoms with Crippen LogP contribution in [0.25, 0.3) is 0 Å². The van der Waals surface area contributed by atoms with Gasteiger partial charge in [-0.1, -0.05) is 55.0 Å². The van der Waals surface area contributed by atoms with E-state index in [9.17, 15) is 19.4 Å². The largest absolute Gasteiger partial charge is 0.550 e. The molecule has 0 spiro atoms. The third-order valence-electron chi connectivity index (χ3n) is 4.39. The first-order valence-electron chi connectivity index (χ1n) is 10.6. The van der Waals surface area contributed by atoms with Crippen LogP contribution in [0.1, 0.15) is 44.9 Å². The zero-order valence-corrected chi connectivity index (χ0v) is 21.3. The highest BCUT2D eigenvalue weighted by atomic mass is 35.5. The summed E-state index contributed by atoms with van der Waals surface area (Å²) in [6, 6.07) is 5.23. The zero-order valence-electron chi connectivity index (χ0n) is 18.9. The topological polar surface area (TPSA) is 105 Å². The molecule has 0 radical (unpaired) electrons. The number of hydrogen-bond acceptors (Lipinski definition) is 6. The predicted molar refractivity (Wildman–Crippen MR) is 123 cm³/mol. The van der Waals surface area contributed by atoms with Crippen molar-refractivity contribution >= 4 is 37.0 Å². The van der Waals surface area contributed by atoms with E-state index in [2.05, 4.69) is 0 Å². The summed E-state index contributed by atoms with van der Waals surface area (Å²) in [5.74, 6) is -0.837. The Morgan fingerprint density at radius 1 is 1.06 bits per heavy atom. The molecule has 0 saturated heterocycles. The highest BCUT2D eigenvalue weighted by Gasteiger charge is 2.30. The lowest BCUT2D eigenvalue weighted by molar-refractivity contribution is -0.873. The predicted octanol–water partition coefficient (Wildman–Crippen LogP) is 4.06. The molecule has 0 aromatic heterocycles. The molecule has 0 fully saturated rings. The molecule has 1 aromatic carbocycles. The number of hydrogen-bond donors (Lipinski definition) is 1. The Bertz CT molecular complexity index is 738. The summed E-state index contributed by atoms with van der Waals surface area (Å²) in [5, 5.41) is 11.9. The Morgan fingerprint density at radius 3 is 2.12 bits per heavy atom. The number of likely N-dealkylation sites (N-methyl/N-ethyl adjacent to an activating group) is 1. The van der Waals surface area contributed by atoms with Crippen molar-refractivity contribution in [1.29, 1.82) is 0 Å². The average molecular weight is 514 g/mol. The van der Waals surface area contributed by atoms with Crippen molar-refractivity contribution < 1.29 is 37.6 Å². The van der Waals surface area contributed by atoms with E-state index in [1.54, 1.807) is 18.2 Å². The summed E-state index contributed by atoms with van der Waals surface area (Å²) < 4.78 is 28.2. The van der Waals surface area contributed by atoms with Crippen LogP contribution in [0.2, 0.25) is 10.0 Å². The maximum atomic E-state index is 12.1. The lowest BCUT2D eigenvalue weighted by atomic mass is 10.1. The van der Waals surface area contributed by atoms with Crippen LogP contribution in [0, 0.1) is 0 Å². The third kappa shape index (κ3) is 13.6. The van der Waals surface area contributed by atoms with Crippen LogP contribution in [0.15, 0.2) is 18.2 Å². The van der Waals surface area contributed by atoms with Gasteiger partial charge in [-0.2, -0.15) is 0 Å². The van der Waals surface area contributed by atoms with Gasteiger partial charge in [0.15, 0.2) is 5.75 Å². The molecule has 0 saturated carbocycles. The Labute approximate surface area is 200 Å². The molecule has 8 nitrogen and oxygen atoms in total. The Balaban J connectivity index is 2.16. The quantitative estimate of drug-likeness (QED) is 0.190. The van der Waals surface area contributed by atoms with E-state index in [4.69, 9.17) is 37.0 Å². The van der Waals surface area contributed by atoms with Crippen molar-refractivity contribution in [3.05, 3.63) is 28.2 Å². The van der Waals surface area contributed by atoms with Crippen molar-refractivity contribution in [3.63, 3.8) is 0 Å². The number of carbonyl (C=O) groups is 1. The molecule has 1 unspecified atom stereocenters. The summed E-state index contributed by atoms with van der Waals surface area (Å²) in [7, 11) is 1.14. The lowest BCUT2D eigenvalue weighted by Crippen LogP contribution is -2.44. The Morgan fingerprint density at radius 2 is 1.59 bits per heavy atom. The van der Waals surface area contributed by atoms with Gasteiger partial charge in [-0.3, -0.25) is 9.05 Å². The molecule has 11 heteroatoms. The summed E-state index contributed by atoms with van der Waals surface area (Å²) in [4.78, 5) is 20.8. The van der Waals surface area contributed by atoms with Gasteiger partial charge in [0.2, 0.25) is 0 Å². The minimum absolute atomic E-state index is 0.0598. The Kier molecular flexibility index (Phi) is 13.1. The van der Waals surface area contributed by atoms with Crippen molar-refractivity contribution in [2.45, 2.75) is 51.0 Å². The molecule has 184 valence electrons. The van der Waals surface area contributed by atoms with Crippen LogP contribution in [-0.4, -0.2) is 62.4 Å².